The van der Waals surface area contributed by atoms with E-state index in [2.05, 4.69) is 68.5 Å². The number of fused-ring (bicyclic) bond motifs is 1. The molecule has 0 radical (unpaired) electrons. The van der Waals surface area contributed by atoms with Crippen LogP contribution in [0, 0.1) is 0 Å². The topological polar surface area (TPSA) is 129 Å². The molecule has 0 unspecified atom stereocenters. The lowest BCUT2D eigenvalue weighted by Crippen LogP contribution is -2.42. The number of nitrogens with zero attached hydrogens (tertiary/aromatic N) is 7. The molecule has 45 heavy (non-hydrogen) atoms. The van der Waals surface area contributed by atoms with Gasteiger partial charge in [0.1, 0.15) is 22.8 Å². The van der Waals surface area contributed by atoms with Crippen molar-refractivity contribution in [3.63, 3.8) is 0 Å². The Kier molecular flexibility index (Phi) is 9.59. The number of aromatic nitrogens is 4. The largest absolute Gasteiger partial charge is 0.494 e. The van der Waals surface area contributed by atoms with Crippen LogP contribution >= 0.6 is 0 Å². The van der Waals surface area contributed by atoms with Gasteiger partial charge in [0.05, 0.1) is 30.3 Å². The van der Waals surface area contributed by atoms with Crippen molar-refractivity contribution in [1.82, 2.24) is 24.8 Å². The van der Waals surface area contributed by atoms with Gasteiger partial charge >= 0.3 is 0 Å². The molecule has 1 fully saturated rings. The highest BCUT2D eigenvalue weighted by atomic mass is 32.2. The molecular formula is C32H43N9O3S. The van der Waals surface area contributed by atoms with Crippen LogP contribution in [0.2, 0.25) is 0 Å². The molecule has 0 bridgehead atoms. The summed E-state index contributed by atoms with van der Waals surface area (Å²) in [6, 6.07) is 8.43. The summed E-state index contributed by atoms with van der Waals surface area (Å²) in [6.07, 6.45) is 9.83. The first kappa shape index (κ1) is 32.2. The van der Waals surface area contributed by atoms with Crippen LogP contribution in [-0.2, 0) is 22.9 Å². The summed E-state index contributed by atoms with van der Waals surface area (Å²) < 4.78 is 32.3. The summed E-state index contributed by atoms with van der Waals surface area (Å²) in [4.78, 5) is 23.0. The standard InChI is InChI=1S/C32H43N9O3S/c1-8-21-18-26(28(44-6)19-27(21)41-16-12-23(13-17-41)39(3)4)37-32-35-20-22(9-2)31(38-32)36-25-11-10-24-29(34-15-14-33-24)30(25)40(5)45(7,42)43/h10-11,14-15,18-20,23H,8-9,12-13,16-17H2,1-7H3,(H2,35,36,37,38). The molecule has 1 aliphatic rings. The van der Waals surface area contributed by atoms with E-state index in [0.29, 0.717) is 52.4 Å². The number of hydrogen-bond donors (Lipinski definition) is 2. The van der Waals surface area contributed by atoms with Crippen LogP contribution in [0.3, 0.4) is 0 Å². The maximum atomic E-state index is 12.6. The number of benzene rings is 2. The molecule has 2 aromatic carbocycles. The zero-order valence-corrected chi connectivity index (χ0v) is 27.9. The molecule has 1 saturated heterocycles. The van der Waals surface area contributed by atoms with E-state index in [1.54, 1.807) is 37.8 Å². The van der Waals surface area contributed by atoms with E-state index in [1.165, 1.54) is 22.6 Å². The summed E-state index contributed by atoms with van der Waals surface area (Å²) in [5.41, 5.74) is 6.02. The van der Waals surface area contributed by atoms with Gasteiger partial charge in [-0.25, -0.2) is 13.4 Å². The van der Waals surface area contributed by atoms with Crippen molar-refractivity contribution in [2.24, 2.45) is 0 Å². The van der Waals surface area contributed by atoms with Crippen LogP contribution < -0.4 is 24.6 Å². The summed E-state index contributed by atoms with van der Waals surface area (Å²) in [5.74, 6) is 1.64. The van der Waals surface area contributed by atoms with Crippen LogP contribution in [0.25, 0.3) is 11.0 Å². The molecular weight excluding hydrogens is 590 g/mol. The number of methoxy groups -OCH3 is 1. The Hall–Kier alpha value is -4.23. The minimum atomic E-state index is -3.60. The Bertz CT molecular complexity index is 1770. The maximum Gasteiger partial charge on any atom is 0.232 e. The van der Waals surface area contributed by atoms with Gasteiger partial charge in [-0.1, -0.05) is 13.8 Å². The van der Waals surface area contributed by atoms with Crippen molar-refractivity contribution in [3.8, 4) is 5.75 Å². The minimum Gasteiger partial charge on any atom is -0.494 e. The minimum absolute atomic E-state index is 0.383. The molecule has 0 atom stereocenters. The molecule has 1 aliphatic heterocycles. The van der Waals surface area contributed by atoms with Crippen molar-refractivity contribution in [1.29, 1.82) is 0 Å². The Morgan fingerprint density at radius 2 is 1.67 bits per heavy atom. The molecule has 240 valence electrons. The normalized spacial score (nSPS) is 14.2. The van der Waals surface area contributed by atoms with Crippen LogP contribution in [0.15, 0.2) is 42.9 Å². The predicted octanol–water partition coefficient (Wildman–Crippen LogP) is 4.97. The van der Waals surface area contributed by atoms with Gasteiger partial charge in [-0.05, 0) is 63.5 Å². The van der Waals surface area contributed by atoms with E-state index in [9.17, 15) is 8.42 Å². The third-order valence-corrected chi connectivity index (χ3v) is 9.67. The average Bonchev–Trinajstić information content (AvgIpc) is 3.04. The van der Waals surface area contributed by atoms with Crippen LogP contribution in [0.5, 0.6) is 5.75 Å². The molecule has 5 rings (SSSR count). The highest BCUT2D eigenvalue weighted by molar-refractivity contribution is 7.92. The number of anilines is 6. The zero-order chi connectivity index (χ0) is 32.3. The Morgan fingerprint density at radius 1 is 0.956 bits per heavy atom. The number of rotatable bonds is 11. The Balaban J connectivity index is 1.48. The van der Waals surface area contributed by atoms with Crippen molar-refractivity contribution in [3.05, 3.63) is 54.0 Å². The fourth-order valence-corrected chi connectivity index (χ4v) is 6.29. The zero-order valence-electron chi connectivity index (χ0n) is 27.1. The summed E-state index contributed by atoms with van der Waals surface area (Å²) in [7, 11) is 3.88. The first-order chi connectivity index (χ1) is 21.5. The Labute approximate surface area is 265 Å². The van der Waals surface area contributed by atoms with E-state index in [1.807, 2.05) is 6.92 Å². The lowest BCUT2D eigenvalue weighted by Gasteiger charge is -2.37. The number of nitrogens with one attached hydrogen (secondary N) is 2. The molecule has 0 aliphatic carbocycles. The molecule has 0 saturated carbocycles. The second kappa shape index (κ2) is 13.4. The number of piperidine rings is 1. The molecule has 2 aromatic heterocycles. The van der Waals surface area contributed by atoms with Gasteiger partial charge < -0.3 is 25.2 Å². The SMILES string of the molecule is CCc1cc(Nc2ncc(CC)c(Nc3ccc4nccnc4c3N(C)S(C)(=O)=O)n2)c(OC)cc1N1CCC(N(C)C)CC1. The van der Waals surface area contributed by atoms with Gasteiger partial charge in [0, 0.05) is 62.1 Å². The van der Waals surface area contributed by atoms with Crippen molar-refractivity contribution >= 4 is 55.6 Å². The van der Waals surface area contributed by atoms with E-state index in [0.717, 1.165) is 49.9 Å². The quantitative estimate of drug-likeness (QED) is 0.232. The third kappa shape index (κ3) is 6.89. The second-order valence-corrected chi connectivity index (χ2v) is 13.5. The smallest absolute Gasteiger partial charge is 0.232 e. The van der Waals surface area contributed by atoms with Gasteiger partial charge in [0.25, 0.3) is 0 Å². The molecule has 12 nitrogen and oxygen atoms in total. The summed E-state index contributed by atoms with van der Waals surface area (Å²) in [6.45, 7) is 6.18. The maximum absolute atomic E-state index is 12.6. The predicted molar refractivity (Wildman–Crippen MR) is 182 cm³/mol. The van der Waals surface area contributed by atoms with Crippen LogP contribution in [-0.4, -0.2) is 86.9 Å². The van der Waals surface area contributed by atoms with Gasteiger partial charge in [-0.3, -0.25) is 14.3 Å². The second-order valence-electron chi connectivity index (χ2n) is 11.5. The van der Waals surface area contributed by atoms with E-state index < -0.39 is 10.0 Å². The highest BCUT2D eigenvalue weighted by Gasteiger charge is 2.24. The van der Waals surface area contributed by atoms with Crippen molar-refractivity contribution in [2.75, 3.05) is 67.4 Å². The molecule has 4 aromatic rings. The van der Waals surface area contributed by atoms with Crippen LogP contribution in [0.4, 0.5) is 34.5 Å². The van der Waals surface area contributed by atoms with E-state index >= 15 is 0 Å². The van der Waals surface area contributed by atoms with Crippen molar-refractivity contribution < 1.29 is 13.2 Å². The highest BCUT2D eigenvalue weighted by Crippen LogP contribution is 2.38. The number of hydrogen-bond acceptors (Lipinski definition) is 11. The monoisotopic (exact) mass is 633 g/mol. The van der Waals surface area contributed by atoms with E-state index in [-0.39, 0.29) is 0 Å². The molecule has 0 amide bonds. The lowest BCUT2D eigenvalue weighted by atomic mass is 10.0. The fraction of sp³-hybridized carbons (Fsp3) is 0.438. The average molecular weight is 634 g/mol. The first-order valence-corrected chi connectivity index (χ1v) is 17.1. The van der Waals surface area contributed by atoms with Gasteiger partial charge in [0.15, 0.2) is 0 Å². The lowest BCUT2D eigenvalue weighted by molar-refractivity contribution is 0.249. The molecule has 0 spiro atoms. The van der Waals surface area contributed by atoms with Crippen molar-refractivity contribution in [2.45, 2.75) is 45.6 Å². The summed E-state index contributed by atoms with van der Waals surface area (Å²) in [5, 5.41) is 6.75. The summed E-state index contributed by atoms with van der Waals surface area (Å²) >= 11 is 0. The first-order valence-electron chi connectivity index (χ1n) is 15.2. The number of sulfonamides is 1. The van der Waals surface area contributed by atoms with Gasteiger partial charge in [-0.15, -0.1) is 0 Å². The number of aryl methyl sites for hydroxylation is 2. The molecule has 13 heteroatoms. The molecule has 3 heterocycles. The Morgan fingerprint density at radius 3 is 2.31 bits per heavy atom. The van der Waals surface area contributed by atoms with Crippen LogP contribution in [0.1, 0.15) is 37.8 Å². The van der Waals surface area contributed by atoms with Gasteiger partial charge in [0.2, 0.25) is 16.0 Å². The third-order valence-electron chi connectivity index (χ3n) is 8.49. The number of ether oxygens (including phenoxy) is 1. The fourth-order valence-electron chi connectivity index (χ4n) is 5.77. The van der Waals surface area contributed by atoms with Gasteiger partial charge in [-0.2, -0.15) is 4.98 Å². The molecule has 2 N–H and O–H groups in total. The van der Waals surface area contributed by atoms with E-state index in [4.69, 9.17) is 9.72 Å².